The first-order valence-corrected chi connectivity index (χ1v) is 27.5. The smallest absolute Gasteiger partial charge is 0.0701 e. The van der Waals surface area contributed by atoms with Gasteiger partial charge in [-0.05, 0) is 313 Å². The van der Waals surface area contributed by atoms with Crippen LogP contribution in [0, 0.1) is 0 Å². The number of hydrogen-bond donors (Lipinski definition) is 0. The Bertz CT molecular complexity index is 6580. The maximum absolute atomic E-state index is 6.58. The average Bonchev–Trinajstić information content (AvgIpc) is 3.68. The van der Waals surface area contributed by atoms with Crippen molar-refractivity contribution in [1.82, 2.24) is 4.90 Å². The molecule has 4 aliphatic carbocycles. The van der Waals surface area contributed by atoms with Gasteiger partial charge in [-0.3, -0.25) is 4.90 Å². The fraction of sp³-hybridized carbons (Fsp3) is 0.159. The van der Waals surface area contributed by atoms with Crippen LogP contribution in [-0.4, -0.2) is 64.7 Å². The Morgan fingerprint density at radius 3 is 0.589 bits per heavy atom. The van der Waals surface area contributed by atoms with Gasteiger partial charge in [-0.15, -0.1) is 0 Å². The molecule has 4 nitrogen and oxygen atoms in total. The van der Waals surface area contributed by atoms with E-state index in [4.69, 9.17) is 14.2 Å². The second kappa shape index (κ2) is 6.97. The summed E-state index contributed by atoms with van der Waals surface area (Å²) in [6.45, 7) is 6.23. The monoisotopic (exact) mass is 910 g/mol. The van der Waals surface area contributed by atoms with Gasteiger partial charge in [0, 0.05) is 26.7 Å². The fourth-order valence-electron chi connectivity index (χ4n) is 25.7. The highest BCUT2D eigenvalue weighted by Gasteiger charge is 2.72. The summed E-state index contributed by atoms with van der Waals surface area (Å²) in [6, 6.07) is 0. The van der Waals surface area contributed by atoms with E-state index in [1.807, 2.05) is 0 Å². The van der Waals surface area contributed by atoms with E-state index in [0.29, 0.717) is 26.4 Å². The second-order valence-corrected chi connectivity index (χ2v) is 26.5. The molecule has 0 bridgehead atoms. The van der Waals surface area contributed by atoms with Crippen molar-refractivity contribution in [2.45, 2.75) is 10.8 Å². The molecule has 0 radical (unpaired) electrons. The number of rotatable bonds is 9. The van der Waals surface area contributed by atoms with Crippen molar-refractivity contribution in [2.75, 3.05) is 59.8 Å². The van der Waals surface area contributed by atoms with Crippen LogP contribution in [0.15, 0.2) is 0 Å². The van der Waals surface area contributed by atoms with Crippen LogP contribution in [0.1, 0.15) is 22.3 Å². The zero-order chi connectivity index (χ0) is 43.8. The first-order chi connectivity index (χ1) is 36.4. The molecule has 1 aliphatic heterocycles. The summed E-state index contributed by atoms with van der Waals surface area (Å²) in [4.78, 5) is 2.96. The summed E-state index contributed by atoms with van der Waals surface area (Å²) >= 11 is 0. The van der Waals surface area contributed by atoms with Crippen molar-refractivity contribution < 1.29 is 14.2 Å². The molecule has 0 unspecified atom stereocenters. The summed E-state index contributed by atoms with van der Waals surface area (Å²) in [5.41, 5.74) is 6.69. The van der Waals surface area contributed by atoms with Gasteiger partial charge in [-0.1, -0.05) is 0 Å². The van der Waals surface area contributed by atoms with Crippen LogP contribution in [0.25, 0.3) is 291 Å². The lowest BCUT2D eigenvalue weighted by atomic mass is 9.50. The fourth-order valence-corrected chi connectivity index (χ4v) is 25.7. The molecule has 28 aromatic carbocycles. The molecule has 73 heavy (non-hydrogen) atoms. The van der Waals surface area contributed by atoms with Crippen molar-refractivity contribution in [1.29, 1.82) is 0 Å². The molecular formula is C69H19NO3. The van der Waals surface area contributed by atoms with Crippen LogP contribution in [0.5, 0.6) is 0 Å². The molecular weight excluding hydrogens is 892 g/mol. The third-order valence-corrected chi connectivity index (χ3v) is 26.0. The minimum atomic E-state index is -0.207. The Balaban J connectivity index is 1.01. The molecule has 0 N–H and O–H groups in total. The predicted molar refractivity (Wildman–Crippen MR) is 304 cm³/mol. The molecule has 28 aromatic rings. The standard InChI is InChI=1S/C69H19NO3/c1-71-4-5-73-7-6-72-3-2-70-8-68-64-56-48-38-28-20-12-10-11-14-18-16(12)24-32-26(18)36-30-22(14)23-15(11)19-17-13(10)21(20)29-35-25(17)33-27(19)37-31(23)41-40(30)50-44(36)54-46(32)52(42(48)34(24)28)60(64)62(54)66-58(50)59-51(41)45(37)55-47(33)53-43(35)49(39(29)38)57(56)65(68)61(53)63(55)67(59)69(66,68)9-70/h2-9H2,1H3/i70+1. The van der Waals surface area contributed by atoms with Crippen molar-refractivity contribution in [3.8, 4) is 0 Å². The molecule has 318 valence electrons. The number of ether oxygens (including phenoxy) is 3. The van der Waals surface area contributed by atoms with E-state index in [1.165, 1.54) is 0 Å². The highest BCUT2D eigenvalue weighted by atomic mass is 16.5. The van der Waals surface area contributed by atoms with Crippen molar-refractivity contribution in [2.24, 2.45) is 0 Å². The molecule has 1 heterocycles. The van der Waals surface area contributed by atoms with E-state index in [2.05, 4.69) is 4.90 Å². The zero-order valence-electron chi connectivity index (χ0n) is 38.3. The third-order valence-electron chi connectivity index (χ3n) is 26.0. The van der Waals surface area contributed by atoms with Gasteiger partial charge < -0.3 is 14.2 Å². The summed E-state index contributed by atoms with van der Waals surface area (Å²) < 4.78 is 17.8. The van der Waals surface area contributed by atoms with E-state index in [9.17, 15) is 0 Å². The Morgan fingerprint density at radius 2 is 0.397 bits per heavy atom. The summed E-state index contributed by atoms with van der Waals surface area (Å²) in [6.07, 6.45) is 0. The normalized spacial score (nSPS) is 22.5. The van der Waals surface area contributed by atoms with Crippen LogP contribution in [-0.2, 0) is 25.0 Å². The molecule has 0 saturated carbocycles. The molecule has 5 aliphatic rings. The minimum absolute atomic E-state index is 0.207. The van der Waals surface area contributed by atoms with Gasteiger partial charge in [-0.2, -0.15) is 0 Å². The highest BCUT2D eigenvalue weighted by Crippen LogP contribution is 2.85. The summed E-state index contributed by atoms with van der Waals surface area (Å²) in [5.74, 6) is 0. The van der Waals surface area contributed by atoms with E-state index in [1.54, 1.807) is 320 Å². The summed E-state index contributed by atoms with van der Waals surface area (Å²) in [5, 5.41) is 90.3. The predicted octanol–water partition coefficient (Wildman–Crippen LogP) is 16.3. The Hall–Kier alpha value is -7.70. The minimum Gasteiger partial charge on any atom is -0.382 e. The molecule has 4 heteroatoms. The lowest BCUT2D eigenvalue weighted by Gasteiger charge is -2.49. The van der Waals surface area contributed by atoms with Crippen LogP contribution in [0.4, 0.5) is 0 Å². The lowest BCUT2D eigenvalue weighted by Crippen LogP contribution is -2.51. The van der Waals surface area contributed by atoms with E-state index in [0.717, 1.165) is 26.2 Å². The SMILES string of the molecule is COCCOCCOCC[15N]1CC23c4c5c6c7c8c9c(c%10c%11c2c2c4c4c%12c5c5c6c6c8c8c%13c9c9c%10c%10c%11c%11c2c2c4c4c%12c%12c5c5c6c8c6c8c%13c9c9c%10c%10c%11c2c2c4c4c%12c5c6c5c8c9c%10c2c45)C73C1. The number of hydrogen-bond acceptors (Lipinski definition) is 4. The number of nitrogens with zero attached hydrogens (tertiary/aromatic N) is 1. The molecule has 1 saturated heterocycles. The number of likely N-dealkylation sites (tertiary alicyclic amines) is 1. The maximum atomic E-state index is 6.58. The van der Waals surface area contributed by atoms with Crippen molar-refractivity contribution >= 4 is 291 Å². The van der Waals surface area contributed by atoms with Gasteiger partial charge in [0.05, 0.1) is 43.9 Å². The first kappa shape index (κ1) is 29.1. The van der Waals surface area contributed by atoms with Gasteiger partial charge >= 0.3 is 0 Å². The molecule has 2 spiro atoms. The van der Waals surface area contributed by atoms with Crippen LogP contribution >= 0.6 is 0 Å². The van der Waals surface area contributed by atoms with Gasteiger partial charge in [0.25, 0.3) is 0 Å². The van der Waals surface area contributed by atoms with E-state index in [-0.39, 0.29) is 10.8 Å². The molecule has 0 amide bonds. The number of benzene rings is 18. The summed E-state index contributed by atoms with van der Waals surface area (Å²) in [7, 11) is 1.75. The second-order valence-electron chi connectivity index (χ2n) is 26.5. The zero-order valence-corrected chi connectivity index (χ0v) is 38.3. The quantitative estimate of drug-likeness (QED) is 0.0820. The molecule has 0 aromatic heterocycles. The molecule has 0 atom stereocenters. The van der Waals surface area contributed by atoms with Crippen LogP contribution in [0.2, 0.25) is 0 Å². The van der Waals surface area contributed by atoms with Crippen LogP contribution in [0.3, 0.4) is 0 Å². The van der Waals surface area contributed by atoms with Gasteiger partial charge in [0.2, 0.25) is 0 Å². The van der Waals surface area contributed by atoms with Crippen molar-refractivity contribution in [3.63, 3.8) is 0 Å². The largest absolute Gasteiger partial charge is 0.382 e. The number of methoxy groups -OCH3 is 1. The van der Waals surface area contributed by atoms with E-state index >= 15 is 0 Å². The Kier molecular flexibility index (Phi) is 2.78. The van der Waals surface area contributed by atoms with Gasteiger partial charge in [-0.25, -0.2) is 0 Å². The first-order valence-electron chi connectivity index (χ1n) is 27.5. The molecule has 33 rings (SSSR count). The average molecular weight is 911 g/mol. The third kappa shape index (κ3) is 1.68. The molecule has 1 fully saturated rings. The van der Waals surface area contributed by atoms with Crippen LogP contribution < -0.4 is 0 Å². The lowest BCUT2D eigenvalue weighted by molar-refractivity contribution is 0.0204. The van der Waals surface area contributed by atoms with E-state index < -0.39 is 0 Å². The van der Waals surface area contributed by atoms with Crippen molar-refractivity contribution in [3.05, 3.63) is 22.3 Å². The van der Waals surface area contributed by atoms with Gasteiger partial charge in [0.1, 0.15) is 0 Å². The Labute approximate surface area is 400 Å². The maximum Gasteiger partial charge on any atom is 0.0701 e. The van der Waals surface area contributed by atoms with Gasteiger partial charge in [0.15, 0.2) is 0 Å². The Morgan fingerprint density at radius 1 is 0.233 bits per heavy atom. The topological polar surface area (TPSA) is 30.9 Å². The highest BCUT2D eigenvalue weighted by molar-refractivity contribution is 6.82.